The first kappa shape index (κ1) is 20.5. The lowest BCUT2D eigenvalue weighted by Crippen LogP contribution is -2.50. The molecular weight excluding hydrogens is 406 g/mol. The average Bonchev–Trinajstić information content (AvgIpc) is 3.33. The summed E-state index contributed by atoms with van der Waals surface area (Å²) in [4.78, 5) is 10.4. The van der Waals surface area contributed by atoms with Gasteiger partial charge in [0.25, 0.3) is 0 Å². The van der Waals surface area contributed by atoms with E-state index in [0.29, 0.717) is 0 Å². The third-order valence-corrected chi connectivity index (χ3v) is 8.41. The molecule has 1 aromatic carbocycles. The van der Waals surface area contributed by atoms with Crippen LogP contribution in [-0.2, 0) is 6.54 Å². The number of nitrogens with one attached hydrogen (secondary N) is 1. The Kier molecular flexibility index (Phi) is 6.42. The van der Waals surface area contributed by atoms with Gasteiger partial charge >= 0.3 is 0 Å². The summed E-state index contributed by atoms with van der Waals surface area (Å²) in [6, 6.07) is 14.1. The van der Waals surface area contributed by atoms with E-state index in [2.05, 4.69) is 58.3 Å². The lowest BCUT2D eigenvalue weighted by Gasteiger charge is -2.44. The maximum atomic E-state index is 5.11. The van der Waals surface area contributed by atoms with Crippen LogP contribution in [-0.4, -0.2) is 41.8 Å². The number of benzene rings is 1. The second-order valence-electron chi connectivity index (χ2n) is 8.66. The monoisotopic (exact) mass is 437 g/mol. The molecule has 0 aliphatic carbocycles. The summed E-state index contributed by atoms with van der Waals surface area (Å²) in [6.07, 6.45) is 9.05. The van der Waals surface area contributed by atoms with Gasteiger partial charge in [-0.05, 0) is 92.7 Å². The molecule has 158 valence electrons. The Hall–Kier alpha value is -1.40. The molecule has 5 rings (SSSR count). The molecule has 2 fully saturated rings. The fourth-order valence-electron chi connectivity index (χ4n) is 5.29. The van der Waals surface area contributed by atoms with E-state index in [1.165, 1.54) is 65.9 Å². The summed E-state index contributed by atoms with van der Waals surface area (Å²) in [5, 5.41) is 7.21. The number of piperidine rings is 2. The molecule has 0 amide bonds. The summed E-state index contributed by atoms with van der Waals surface area (Å²) < 4.78 is 0. The highest BCUT2D eigenvalue weighted by atomic mass is 32.2. The van der Waals surface area contributed by atoms with Crippen LogP contribution in [0.15, 0.2) is 46.7 Å². The second-order valence-corrected chi connectivity index (χ2v) is 10.5. The van der Waals surface area contributed by atoms with Crippen molar-refractivity contribution in [2.24, 2.45) is 5.92 Å². The predicted octanol–water partition coefficient (Wildman–Crippen LogP) is 6.04. The maximum absolute atomic E-state index is 5.11. The highest BCUT2D eigenvalue weighted by molar-refractivity contribution is 7.98. The minimum absolute atomic E-state index is 0.793. The molecule has 3 aromatic rings. The minimum atomic E-state index is 0.793. The molecule has 2 aliphatic heterocycles. The van der Waals surface area contributed by atoms with Crippen LogP contribution in [0.4, 0.5) is 0 Å². The zero-order valence-corrected chi connectivity index (χ0v) is 19.4. The molecule has 0 radical (unpaired) electrons. The van der Waals surface area contributed by atoms with Crippen LogP contribution in [0.25, 0.3) is 21.5 Å². The highest BCUT2D eigenvalue weighted by Crippen LogP contribution is 2.32. The number of aromatic nitrogens is 1. The maximum Gasteiger partial charge on any atom is 0.0854 e. The Labute approximate surface area is 188 Å². The van der Waals surface area contributed by atoms with Crippen molar-refractivity contribution in [2.45, 2.75) is 49.6 Å². The zero-order chi connectivity index (χ0) is 20.3. The normalized spacial score (nSPS) is 22.3. The molecule has 4 heterocycles. The van der Waals surface area contributed by atoms with E-state index in [-0.39, 0.29) is 0 Å². The van der Waals surface area contributed by atoms with Crippen LogP contribution < -0.4 is 5.32 Å². The summed E-state index contributed by atoms with van der Waals surface area (Å²) in [5.41, 5.74) is 3.56. The molecule has 3 nitrogen and oxygen atoms in total. The fourth-order valence-corrected chi connectivity index (χ4v) is 6.47. The van der Waals surface area contributed by atoms with Crippen molar-refractivity contribution in [1.82, 2.24) is 15.2 Å². The molecule has 2 atom stereocenters. The molecule has 5 heteroatoms. The molecule has 0 bridgehead atoms. The van der Waals surface area contributed by atoms with Gasteiger partial charge in [0.05, 0.1) is 16.1 Å². The molecule has 2 saturated heterocycles. The number of hydrogen-bond donors (Lipinski definition) is 1. The Morgan fingerprint density at radius 3 is 2.93 bits per heavy atom. The van der Waals surface area contributed by atoms with Gasteiger partial charge in [-0.15, -0.1) is 23.1 Å². The number of fused-ring (bicyclic) bond motifs is 2. The minimum Gasteiger partial charge on any atom is -0.312 e. The molecule has 0 saturated carbocycles. The molecule has 30 heavy (non-hydrogen) atoms. The summed E-state index contributed by atoms with van der Waals surface area (Å²) in [7, 11) is 0. The Balaban J connectivity index is 1.36. The lowest BCUT2D eigenvalue weighted by molar-refractivity contribution is 0.0593. The van der Waals surface area contributed by atoms with Gasteiger partial charge in [0, 0.05) is 22.9 Å². The lowest BCUT2D eigenvalue weighted by atomic mass is 9.83. The fraction of sp³-hybridized carbons (Fsp3) is 0.480. The van der Waals surface area contributed by atoms with E-state index in [4.69, 9.17) is 4.98 Å². The molecular formula is C25H31N3S2. The Bertz CT molecular complexity index is 983. The van der Waals surface area contributed by atoms with Gasteiger partial charge in [-0.2, -0.15) is 0 Å². The van der Waals surface area contributed by atoms with E-state index >= 15 is 0 Å². The van der Waals surface area contributed by atoms with Crippen LogP contribution in [0.1, 0.15) is 37.7 Å². The quantitative estimate of drug-likeness (QED) is 0.476. The van der Waals surface area contributed by atoms with Crippen molar-refractivity contribution < 1.29 is 0 Å². The van der Waals surface area contributed by atoms with Crippen molar-refractivity contribution in [2.75, 3.05) is 25.9 Å². The van der Waals surface area contributed by atoms with E-state index in [9.17, 15) is 0 Å². The summed E-state index contributed by atoms with van der Waals surface area (Å²) >= 11 is 3.56. The van der Waals surface area contributed by atoms with Gasteiger partial charge in [0.15, 0.2) is 0 Å². The van der Waals surface area contributed by atoms with Crippen molar-refractivity contribution in [3.8, 4) is 10.6 Å². The largest absolute Gasteiger partial charge is 0.312 e. The highest BCUT2D eigenvalue weighted by Gasteiger charge is 2.32. The van der Waals surface area contributed by atoms with Crippen LogP contribution in [0, 0.1) is 5.92 Å². The summed E-state index contributed by atoms with van der Waals surface area (Å²) in [5.74, 6) is 0.793. The van der Waals surface area contributed by atoms with Gasteiger partial charge in [-0.25, -0.2) is 4.98 Å². The molecule has 1 N–H and O–H groups in total. The first-order valence-electron chi connectivity index (χ1n) is 11.3. The molecule has 2 aromatic heterocycles. The van der Waals surface area contributed by atoms with E-state index in [0.717, 1.165) is 36.3 Å². The van der Waals surface area contributed by atoms with Crippen LogP contribution in [0.5, 0.6) is 0 Å². The SMILES string of the molecule is CSc1ccc2cc(CNC[C@@H]3CCCN4CCCC[C@H]34)c(-c3cccs3)nc2c1. The van der Waals surface area contributed by atoms with Crippen molar-refractivity contribution in [3.63, 3.8) is 0 Å². The molecule has 2 aliphatic rings. The smallest absolute Gasteiger partial charge is 0.0854 e. The molecule has 0 unspecified atom stereocenters. The number of nitrogens with zero attached hydrogens (tertiary/aromatic N) is 2. The van der Waals surface area contributed by atoms with E-state index in [1.54, 1.807) is 23.1 Å². The van der Waals surface area contributed by atoms with Crippen molar-refractivity contribution in [3.05, 3.63) is 47.3 Å². The van der Waals surface area contributed by atoms with Crippen LogP contribution >= 0.6 is 23.1 Å². The van der Waals surface area contributed by atoms with Gasteiger partial charge in [-0.1, -0.05) is 18.6 Å². The van der Waals surface area contributed by atoms with Crippen molar-refractivity contribution in [1.29, 1.82) is 0 Å². The second kappa shape index (κ2) is 9.39. The van der Waals surface area contributed by atoms with Gasteiger partial charge in [0.1, 0.15) is 0 Å². The number of thioether (sulfide) groups is 1. The average molecular weight is 438 g/mol. The third-order valence-electron chi connectivity index (χ3n) is 6.81. The Morgan fingerprint density at radius 1 is 1.13 bits per heavy atom. The Morgan fingerprint density at radius 2 is 2.07 bits per heavy atom. The van der Waals surface area contributed by atoms with Crippen LogP contribution in [0.3, 0.4) is 0 Å². The van der Waals surface area contributed by atoms with Crippen molar-refractivity contribution >= 4 is 34.0 Å². The van der Waals surface area contributed by atoms with Gasteiger partial charge in [0.2, 0.25) is 0 Å². The number of hydrogen-bond acceptors (Lipinski definition) is 5. The number of pyridine rings is 1. The first-order valence-corrected chi connectivity index (χ1v) is 13.4. The first-order chi connectivity index (χ1) is 14.8. The number of rotatable bonds is 6. The molecule has 0 spiro atoms. The van der Waals surface area contributed by atoms with E-state index < -0.39 is 0 Å². The zero-order valence-electron chi connectivity index (χ0n) is 17.8. The van der Waals surface area contributed by atoms with E-state index in [1.807, 2.05) is 0 Å². The van der Waals surface area contributed by atoms with Gasteiger partial charge < -0.3 is 10.2 Å². The topological polar surface area (TPSA) is 28.2 Å². The number of thiophene rings is 1. The summed E-state index contributed by atoms with van der Waals surface area (Å²) in [6.45, 7) is 4.64. The predicted molar refractivity (Wildman–Crippen MR) is 130 cm³/mol. The third kappa shape index (κ3) is 4.31. The van der Waals surface area contributed by atoms with Crippen LogP contribution in [0.2, 0.25) is 0 Å². The van der Waals surface area contributed by atoms with Gasteiger partial charge in [-0.3, -0.25) is 0 Å². The standard InChI is InChI=1S/C25H31N3S2/c1-29-21-10-9-18-14-20(25(27-22(18)15-21)24-8-5-13-30-24)17-26-16-19-6-4-12-28-11-3-2-7-23(19)28/h5,8-10,13-15,19,23,26H,2-4,6-7,11-12,16-17H2,1H3/t19-,23+/m0/s1.